The topological polar surface area (TPSA) is 17.0 Å². The van der Waals surface area contributed by atoms with Gasteiger partial charge < -0.3 is 9.88 Å². The van der Waals surface area contributed by atoms with Crippen molar-refractivity contribution in [3.8, 4) is 0 Å². The number of benzene rings is 1. The van der Waals surface area contributed by atoms with Crippen LogP contribution in [0.25, 0.3) is 10.9 Å². The first-order valence-electron chi connectivity index (χ1n) is 6.47. The summed E-state index contributed by atoms with van der Waals surface area (Å²) in [7, 11) is 0. The van der Waals surface area contributed by atoms with Gasteiger partial charge in [0.25, 0.3) is 6.43 Å². The summed E-state index contributed by atoms with van der Waals surface area (Å²) in [4.78, 5) is 0. The van der Waals surface area contributed by atoms with E-state index in [-0.39, 0.29) is 12.1 Å². The van der Waals surface area contributed by atoms with Crippen molar-refractivity contribution in [1.82, 2.24) is 9.88 Å². The van der Waals surface area contributed by atoms with Crippen molar-refractivity contribution in [2.45, 2.75) is 45.8 Å². The third-order valence-corrected chi connectivity index (χ3v) is 3.01. The summed E-state index contributed by atoms with van der Waals surface area (Å²) in [6, 6.07) is 7.69. The lowest BCUT2D eigenvalue weighted by Crippen LogP contribution is -2.35. The van der Waals surface area contributed by atoms with Gasteiger partial charge in [-0.3, -0.25) is 0 Å². The first-order chi connectivity index (χ1) is 8.87. The molecule has 0 aliphatic carbocycles. The van der Waals surface area contributed by atoms with Crippen LogP contribution in [0.2, 0.25) is 0 Å². The molecule has 2 aromatic rings. The highest BCUT2D eigenvalue weighted by Gasteiger charge is 2.14. The molecule has 0 bridgehead atoms. The molecule has 2 rings (SSSR count). The molecular formula is C15H20F2N2. The van der Waals surface area contributed by atoms with Crippen LogP contribution >= 0.6 is 0 Å². The number of fused-ring (bicyclic) bond motifs is 1. The van der Waals surface area contributed by atoms with Gasteiger partial charge in [0.05, 0.1) is 6.54 Å². The number of nitrogens with zero attached hydrogens (tertiary/aromatic N) is 1. The summed E-state index contributed by atoms with van der Waals surface area (Å²) in [5.74, 6) is 0. The van der Waals surface area contributed by atoms with E-state index in [0.717, 1.165) is 16.5 Å². The van der Waals surface area contributed by atoms with Gasteiger partial charge in [0.2, 0.25) is 0 Å². The van der Waals surface area contributed by atoms with Gasteiger partial charge in [0.1, 0.15) is 0 Å². The summed E-state index contributed by atoms with van der Waals surface area (Å²) in [5.41, 5.74) is 1.94. The Kier molecular flexibility index (Phi) is 3.90. The summed E-state index contributed by atoms with van der Waals surface area (Å²) >= 11 is 0. The van der Waals surface area contributed by atoms with Crippen LogP contribution in [-0.2, 0) is 13.1 Å². The minimum Gasteiger partial charge on any atom is -0.341 e. The maximum Gasteiger partial charge on any atom is 0.256 e. The highest BCUT2D eigenvalue weighted by Crippen LogP contribution is 2.22. The Labute approximate surface area is 112 Å². The zero-order valence-electron chi connectivity index (χ0n) is 11.6. The molecule has 1 aromatic heterocycles. The molecule has 0 aliphatic rings. The number of hydrogen-bond donors (Lipinski definition) is 1. The number of aromatic nitrogens is 1. The van der Waals surface area contributed by atoms with E-state index < -0.39 is 6.43 Å². The number of hydrogen-bond acceptors (Lipinski definition) is 1. The molecular weight excluding hydrogens is 246 g/mol. The van der Waals surface area contributed by atoms with E-state index in [0.29, 0.717) is 6.54 Å². The van der Waals surface area contributed by atoms with Gasteiger partial charge in [0, 0.05) is 29.2 Å². The van der Waals surface area contributed by atoms with Crippen LogP contribution in [0, 0.1) is 0 Å². The molecule has 0 amide bonds. The van der Waals surface area contributed by atoms with Gasteiger partial charge in [-0.05, 0) is 32.4 Å². The largest absolute Gasteiger partial charge is 0.341 e. The second-order valence-corrected chi connectivity index (χ2v) is 5.82. The van der Waals surface area contributed by atoms with Gasteiger partial charge in [0.15, 0.2) is 0 Å². The van der Waals surface area contributed by atoms with E-state index in [9.17, 15) is 8.78 Å². The number of nitrogens with one attached hydrogen (secondary N) is 1. The van der Waals surface area contributed by atoms with Gasteiger partial charge in [-0.1, -0.05) is 18.2 Å². The van der Waals surface area contributed by atoms with Crippen molar-refractivity contribution in [2.24, 2.45) is 0 Å². The maximum absolute atomic E-state index is 12.6. The van der Waals surface area contributed by atoms with Crippen LogP contribution in [0.4, 0.5) is 8.78 Å². The van der Waals surface area contributed by atoms with Crippen LogP contribution in [0.15, 0.2) is 30.5 Å². The number of para-hydroxylation sites is 1. The molecule has 0 spiro atoms. The normalized spacial score (nSPS) is 12.5. The lowest BCUT2D eigenvalue weighted by atomic mass is 10.1. The van der Waals surface area contributed by atoms with Crippen molar-refractivity contribution in [2.75, 3.05) is 0 Å². The first kappa shape index (κ1) is 14.0. The predicted molar refractivity (Wildman–Crippen MR) is 74.5 cm³/mol. The number of halogens is 2. The Morgan fingerprint density at radius 1 is 1.21 bits per heavy atom. The van der Waals surface area contributed by atoms with Crippen molar-refractivity contribution in [1.29, 1.82) is 0 Å². The Morgan fingerprint density at radius 3 is 2.53 bits per heavy atom. The molecule has 1 N–H and O–H groups in total. The zero-order valence-corrected chi connectivity index (χ0v) is 11.6. The molecule has 0 fully saturated rings. The molecule has 0 saturated heterocycles. The molecule has 104 valence electrons. The van der Waals surface area contributed by atoms with E-state index >= 15 is 0 Å². The molecule has 1 aromatic carbocycles. The minimum atomic E-state index is -2.33. The SMILES string of the molecule is CC(C)(C)NCc1cn(CC(F)F)c2ccccc12. The van der Waals surface area contributed by atoms with E-state index in [4.69, 9.17) is 0 Å². The van der Waals surface area contributed by atoms with E-state index in [2.05, 4.69) is 26.1 Å². The quantitative estimate of drug-likeness (QED) is 0.890. The van der Waals surface area contributed by atoms with Crippen LogP contribution in [-0.4, -0.2) is 16.5 Å². The molecule has 1 heterocycles. The van der Waals surface area contributed by atoms with Crippen LogP contribution in [0.3, 0.4) is 0 Å². The summed E-state index contributed by atoms with van der Waals surface area (Å²) in [5, 5.41) is 4.44. The molecule has 0 radical (unpaired) electrons. The average Bonchev–Trinajstić information content (AvgIpc) is 2.64. The third-order valence-electron chi connectivity index (χ3n) is 3.01. The number of alkyl halides is 2. The highest BCUT2D eigenvalue weighted by atomic mass is 19.3. The van der Waals surface area contributed by atoms with Gasteiger partial charge >= 0.3 is 0 Å². The van der Waals surface area contributed by atoms with Crippen LogP contribution < -0.4 is 5.32 Å². The first-order valence-corrected chi connectivity index (χ1v) is 6.47. The second kappa shape index (κ2) is 5.29. The second-order valence-electron chi connectivity index (χ2n) is 5.82. The standard InChI is InChI=1S/C15H20F2N2/c1-15(2,3)18-8-11-9-19(10-14(16)17)13-7-5-4-6-12(11)13/h4-7,9,14,18H,8,10H2,1-3H3. The Hall–Kier alpha value is -1.42. The fourth-order valence-electron chi connectivity index (χ4n) is 2.12. The summed E-state index contributed by atoms with van der Waals surface area (Å²) in [6.07, 6.45) is -0.505. The minimum absolute atomic E-state index is 0.00587. The van der Waals surface area contributed by atoms with Gasteiger partial charge in [-0.15, -0.1) is 0 Å². The fraction of sp³-hybridized carbons (Fsp3) is 0.467. The number of rotatable bonds is 4. The zero-order chi connectivity index (χ0) is 14.0. The monoisotopic (exact) mass is 266 g/mol. The summed E-state index contributed by atoms with van der Waals surface area (Å²) in [6.45, 7) is 6.69. The van der Waals surface area contributed by atoms with Crippen molar-refractivity contribution < 1.29 is 8.78 Å². The Morgan fingerprint density at radius 2 is 1.89 bits per heavy atom. The van der Waals surface area contributed by atoms with E-state index in [1.54, 1.807) is 4.57 Å². The van der Waals surface area contributed by atoms with E-state index in [1.807, 2.05) is 30.5 Å². The Balaban J connectivity index is 2.33. The third kappa shape index (κ3) is 3.53. The summed E-state index contributed by atoms with van der Waals surface area (Å²) < 4.78 is 26.8. The van der Waals surface area contributed by atoms with Crippen molar-refractivity contribution in [3.63, 3.8) is 0 Å². The molecule has 0 unspecified atom stereocenters. The van der Waals surface area contributed by atoms with Gasteiger partial charge in [-0.25, -0.2) is 8.78 Å². The van der Waals surface area contributed by atoms with E-state index in [1.165, 1.54) is 0 Å². The lowest BCUT2D eigenvalue weighted by molar-refractivity contribution is 0.128. The molecule has 0 aliphatic heterocycles. The molecule has 19 heavy (non-hydrogen) atoms. The lowest BCUT2D eigenvalue weighted by Gasteiger charge is -2.20. The van der Waals surface area contributed by atoms with Crippen LogP contribution in [0.5, 0.6) is 0 Å². The Bertz CT molecular complexity index is 553. The fourth-order valence-corrected chi connectivity index (χ4v) is 2.12. The smallest absolute Gasteiger partial charge is 0.256 e. The molecule has 4 heteroatoms. The van der Waals surface area contributed by atoms with Crippen molar-refractivity contribution >= 4 is 10.9 Å². The van der Waals surface area contributed by atoms with Gasteiger partial charge in [-0.2, -0.15) is 0 Å². The molecule has 2 nitrogen and oxygen atoms in total. The molecule has 0 saturated carbocycles. The predicted octanol–water partition coefficient (Wildman–Crippen LogP) is 3.79. The van der Waals surface area contributed by atoms with Crippen molar-refractivity contribution in [3.05, 3.63) is 36.0 Å². The van der Waals surface area contributed by atoms with Crippen LogP contribution in [0.1, 0.15) is 26.3 Å². The maximum atomic E-state index is 12.6. The highest BCUT2D eigenvalue weighted by molar-refractivity contribution is 5.83. The molecule has 0 atom stereocenters. The average molecular weight is 266 g/mol.